The van der Waals surface area contributed by atoms with E-state index in [0.29, 0.717) is 0 Å². The zero-order valence-corrected chi connectivity index (χ0v) is 21.3. The van der Waals surface area contributed by atoms with Crippen LogP contribution in [0.5, 0.6) is 0 Å². The number of para-hydroxylation sites is 2. The van der Waals surface area contributed by atoms with Crippen molar-refractivity contribution < 1.29 is 0 Å². The highest BCUT2D eigenvalue weighted by molar-refractivity contribution is 6.76. The Kier molecular flexibility index (Phi) is 4.17. The van der Waals surface area contributed by atoms with E-state index in [1.807, 2.05) is 0 Å². The Morgan fingerprint density at radius 3 is 2.00 bits per heavy atom. The van der Waals surface area contributed by atoms with Crippen LogP contribution in [0.15, 0.2) is 140 Å². The van der Waals surface area contributed by atoms with E-state index in [9.17, 15) is 0 Å². The zero-order valence-electron chi connectivity index (χ0n) is 21.3. The Morgan fingerprint density at radius 1 is 0.513 bits per heavy atom. The van der Waals surface area contributed by atoms with Gasteiger partial charge in [0.2, 0.25) is 0 Å². The second-order valence-corrected chi connectivity index (χ2v) is 10.6. The van der Waals surface area contributed by atoms with Crippen LogP contribution in [0.4, 0.5) is 17.1 Å². The molecule has 39 heavy (non-hydrogen) atoms. The Bertz CT molecular complexity index is 1990. The molecule has 2 nitrogen and oxygen atoms in total. The fourth-order valence-corrected chi connectivity index (χ4v) is 6.84. The largest absolute Gasteiger partial charge is 0.412 e. The summed E-state index contributed by atoms with van der Waals surface area (Å²) in [6, 6.07) is 42.6. The quantitative estimate of drug-likeness (QED) is 0.221. The van der Waals surface area contributed by atoms with E-state index < -0.39 is 0 Å². The second kappa shape index (κ2) is 7.75. The summed E-state index contributed by atoms with van der Waals surface area (Å²) in [5, 5.41) is 5.27. The van der Waals surface area contributed by atoms with Crippen LogP contribution >= 0.6 is 0 Å². The molecule has 6 aromatic carbocycles. The minimum absolute atomic E-state index is 0.157. The van der Waals surface area contributed by atoms with E-state index in [4.69, 9.17) is 0 Å². The first-order valence-electron chi connectivity index (χ1n) is 13.6. The molecule has 0 atom stereocenters. The van der Waals surface area contributed by atoms with Crippen molar-refractivity contribution in [2.75, 3.05) is 9.62 Å². The molecule has 0 aromatic heterocycles. The Balaban J connectivity index is 1.16. The van der Waals surface area contributed by atoms with Crippen LogP contribution in [0.1, 0.15) is 0 Å². The van der Waals surface area contributed by atoms with E-state index in [2.05, 4.69) is 149 Å². The Labute approximate surface area is 227 Å². The van der Waals surface area contributed by atoms with E-state index >= 15 is 0 Å². The normalized spacial score (nSPS) is 14.3. The molecule has 0 radical (unpaired) electrons. The van der Waals surface area contributed by atoms with Crippen molar-refractivity contribution >= 4 is 45.6 Å². The maximum atomic E-state index is 2.42. The van der Waals surface area contributed by atoms with Crippen molar-refractivity contribution in [2.24, 2.45) is 0 Å². The van der Waals surface area contributed by atoms with Gasteiger partial charge >= 0.3 is 6.98 Å². The number of nitrogens with zero attached hydrogens (tertiary/aromatic N) is 2. The number of allylic oxidation sites excluding steroid dienone is 2. The average molecular weight is 494 g/mol. The molecule has 0 amide bonds. The van der Waals surface area contributed by atoms with Crippen LogP contribution in [-0.4, -0.2) is 6.98 Å². The molecule has 3 aliphatic rings. The van der Waals surface area contributed by atoms with Gasteiger partial charge in [-0.3, -0.25) is 0 Å². The Morgan fingerprint density at radius 2 is 1.21 bits per heavy atom. The molecule has 0 saturated heterocycles. The second-order valence-electron chi connectivity index (χ2n) is 10.6. The van der Waals surface area contributed by atoms with Crippen LogP contribution in [-0.2, 0) is 0 Å². The van der Waals surface area contributed by atoms with Gasteiger partial charge in [-0.1, -0.05) is 90.9 Å². The van der Waals surface area contributed by atoms with Gasteiger partial charge in [-0.25, -0.2) is 0 Å². The van der Waals surface area contributed by atoms with Gasteiger partial charge in [0.1, 0.15) is 0 Å². The molecule has 2 aliphatic heterocycles. The van der Waals surface area contributed by atoms with Crippen molar-refractivity contribution in [3.8, 4) is 33.4 Å². The summed E-state index contributed by atoms with van der Waals surface area (Å²) in [4.78, 5) is 4.77. The summed E-state index contributed by atoms with van der Waals surface area (Å²) in [7, 11) is 0. The molecule has 1 aliphatic carbocycles. The monoisotopic (exact) mass is 494 g/mol. The maximum absolute atomic E-state index is 2.42. The molecule has 9 rings (SSSR count). The third-order valence-corrected chi connectivity index (χ3v) is 8.57. The first kappa shape index (κ1) is 21.0. The predicted octanol–water partition coefficient (Wildman–Crippen LogP) is 9.38. The fourth-order valence-electron chi connectivity index (χ4n) is 6.84. The third kappa shape index (κ3) is 2.87. The van der Waals surface area contributed by atoms with Gasteiger partial charge in [0.15, 0.2) is 0 Å². The van der Waals surface area contributed by atoms with Crippen LogP contribution < -0.4 is 9.62 Å². The fraction of sp³-hybridized carbons (Fsp3) is 0. The first-order valence-corrected chi connectivity index (χ1v) is 13.6. The Hall–Kier alpha value is -5.02. The molecular formula is C36H23BN2. The number of anilines is 3. The lowest BCUT2D eigenvalue weighted by molar-refractivity contribution is 1.39. The zero-order chi connectivity index (χ0) is 25.5. The molecule has 0 N–H and O–H groups in total. The predicted molar refractivity (Wildman–Crippen MR) is 166 cm³/mol. The van der Waals surface area contributed by atoms with Crippen molar-refractivity contribution in [3.05, 3.63) is 140 Å². The molecule has 6 aromatic rings. The van der Waals surface area contributed by atoms with Gasteiger partial charge in [0.05, 0.1) is 11.4 Å². The summed E-state index contributed by atoms with van der Waals surface area (Å²) < 4.78 is 0. The maximum Gasteiger partial charge on any atom is 0.412 e. The highest BCUT2D eigenvalue weighted by atomic mass is 15.3. The molecule has 2 heterocycles. The lowest BCUT2D eigenvalue weighted by atomic mass is 9.71. The number of rotatable bonds is 2. The number of hydrogen-bond donors (Lipinski definition) is 0. The summed E-state index contributed by atoms with van der Waals surface area (Å²) in [6.45, 7) is 0.157. The van der Waals surface area contributed by atoms with Crippen molar-refractivity contribution in [1.82, 2.24) is 0 Å². The summed E-state index contributed by atoms with van der Waals surface area (Å²) in [5.74, 6) is 2.26. The van der Waals surface area contributed by atoms with E-state index in [1.165, 1.54) is 72.0 Å². The standard InChI is InChI=1S/C36H23BN2/c1-2-9-26-23-33-31-19-18-28(29-10-7-11-30(36(29)31)32(33)22-25(26)8-1)24-14-16-27(17-15-24)39-35-13-4-3-12-34(35)38-21-6-5-20-37(38)39/h1-23H. The number of benzene rings is 6. The van der Waals surface area contributed by atoms with Crippen molar-refractivity contribution in [3.63, 3.8) is 0 Å². The van der Waals surface area contributed by atoms with Gasteiger partial charge in [0.25, 0.3) is 0 Å². The van der Waals surface area contributed by atoms with E-state index in [0.717, 1.165) is 0 Å². The highest BCUT2D eigenvalue weighted by Crippen LogP contribution is 2.51. The molecule has 0 bridgehead atoms. The lowest BCUT2D eigenvalue weighted by Crippen LogP contribution is -2.42. The van der Waals surface area contributed by atoms with Crippen molar-refractivity contribution in [2.45, 2.75) is 0 Å². The molecule has 0 unspecified atom stereocenters. The molecule has 0 saturated carbocycles. The SMILES string of the molecule is C1=CB2N(C=C1)c1ccccc1N2c1ccc(-c2ccc3c4c(cccc24)-c2cc4ccccc4cc2-3)cc1. The third-order valence-electron chi connectivity index (χ3n) is 8.57. The molecule has 180 valence electrons. The number of hydrogen-bond acceptors (Lipinski definition) is 2. The van der Waals surface area contributed by atoms with Crippen LogP contribution in [0.25, 0.3) is 54.9 Å². The summed E-state index contributed by atoms with van der Waals surface area (Å²) in [5.41, 5.74) is 11.6. The van der Waals surface area contributed by atoms with Crippen LogP contribution in [0.2, 0.25) is 0 Å². The smallest absolute Gasteiger partial charge is 0.367 e. The summed E-state index contributed by atoms with van der Waals surface area (Å²) in [6.07, 6.45) is 6.42. The van der Waals surface area contributed by atoms with Crippen LogP contribution in [0.3, 0.4) is 0 Å². The van der Waals surface area contributed by atoms with Crippen molar-refractivity contribution in [1.29, 1.82) is 0 Å². The van der Waals surface area contributed by atoms with E-state index in [1.54, 1.807) is 0 Å². The molecule has 0 spiro atoms. The van der Waals surface area contributed by atoms with Crippen LogP contribution in [0, 0.1) is 0 Å². The molecule has 0 fully saturated rings. The van der Waals surface area contributed by atoms with Gasteiger partial charge in [-0.05, 0) is 104 Å². The minimum Gasteiger partial charge on any atom is -0.367 e. The molecular weight excluding hydrogens is 471 g/mol. The van der Waals surface area contributed by atoms with Gasteiger partial charge < -0.3 is 9.62 Å². The summed E-state index contributed by atoms with van der Waals surface area (Å²) >= 11 is 0. The topological polar surface area (TPSA) is 6.48 Å². The van der Waals surface area contributed by atoms with Gasteiger partial charge in [0, 0.05) is 5.69 Å². The average Bonchev–Trinajstić information content (AvgIpc) is 3.50. The minimum atomic E-state index is 0.157. The van der Waals surface area contributed by atoms with E-state index in [-0.39, 0.29) is 6.98 Å². The number of fused-ring (bicyclic) bond motifs is 7. The highest BCUT2D eigenvalue weighted by Gasteiger charge is 2.39. The lowest BCUT2D eigenvalue weighted by Gasteiger charge is -2.27. The first-order chi connectivity index (χ1) is 19.3. The molecule has 3 heteroatoms. The van der Waals surface area contributed by atoms with Gasteiger partial charge in [-0.2, -0.15) is 0 Å². The van der Waals surface area contributed by atoms with Gasteiger partial charge in [-0.15, -0.1) is 0 Å².